The van der Waals surface area contributed by atoms with Crippen molar-refractivity contribution in [2.45, 2.75) is 25.8 Å². The number of pyridine rings is 1. The standard InChI is InChI=1S/C13H16N2O5/c1-3-5-9(12(17)18)15-11(16)8-6-4-7-10(14-8)13(19)20-2/h4,6-7,9H,3,5H2,1-2H3,(H,15,16)(H,17,18). The van der Waals surface area contributed by atoms with Gasteiger partial charge in [-0.05, 0) is 18.6 Å². The van der Waals surface area contributed by atoms with Gasteiger partial charge in [-0.3, -0.25) is 4.79 Å². The van der Waals surface area contributed by atoms with Gasteiger partial charge in [0.05, 0.1) is 7.11 Å². The molecule has 1 amide bonds. The maximum atomic E-state index is 11.9. The summed E-state index contributed by atoms with van der Waals surface area (Å²) in [6.07, 6.45) is 0.935. The maximum Gasteiger partial charge on any atom is 0.356 e. The molecule has 1 aromatic heterocycles. The highest BCUT2D eigenvalue weighted by atomic mass is 16.5. The monoisotopic (exact) mass is 280 g/mol. The lowest BCUT2D eigenvalue weighted by Gasteiger charge is -2.13. The van der Waals surface area contributed by atoms with E-state index in [0.717, 1.165) is 0 Å². The Kier molecular flexibility index (Phi) is 5.64. The number of hydrogen-bond donors (Lipinski definition) is 2. The van der Waals surface area contributed by atoms with Gasteiger partial charge in [0.15, 0.2) is 0 Å². The molecule has 108 valence electrons. The van der Waals surface area contributed by atoms with Crippen LogP contribution in [0, 0.1) is 0 Å². The minimum absolute atomic E-state index is 0.0116. The fraction of sp³-hybridized carbons (Fsp3) is 0.385. The number of rotatable bonds is 6. The van der Waals surface area contributed by atoms with E-state index in [1.165, 1.54) is 25.3 Å². The molecule has 1 heterocycles. The summed E-state index contributed by atoms with van der Waals surface area (Å²) in [6, 6.07) is 3.30. The average Bonchev–Trinajstić information content (AvgIpc) is 2.45. The predicted molar refractivity (Wildman–Crippen MR) is 69.4 cm³/mol. The molecule has 0 aromatic carbocycles. The van der Waals surface area contributed by atoms with Crippen LogP contribution in [0.1, 0.15) is 40.7 Å². The molecule has 0 aliphatic carbocycles. The van der Waals surface area contributed by atoms with Gasteiger partial charge in [0, 0.05) is 0 Å². The van der Waals surface area contributed by atoms with Crippen molar-refractivity contribution in [3.05, 3.63) is 29.6 Å². The molecule has 1 unspecified atom stereocenters. The van der Waals surface area contributed by atoms with E-state index in [1.54, 1.807) is 0 Å². The smallest absolute Gasteiger partial charge is 0.356 e. The third kappa shape index (κ3) is 4.04. The van der Waals surface area contributed by atoms with Gasteiger partial charge in [-0.1, -0.05) is 19.4 Å². The first-order valence-electron chi connectivity index (χ1n) is 6.08. The van der Waals surface area contributed by atoms with Gasteiger partial charge in [0.2, 0.25) is 0 Å². The van der Waals surface area contributed by atoms with E-state index >= 15 is 0 Å². The van der Waals surface area contributed by atoms with Crippen LogP contribution in [0.4, 0.5) is 0 Å². The number of amides is 1. The SMILES string of the molecule is CCCC(NC(=O)c1cccc(C(=O)OC)n1)C(=O)O. The van der Waals surface area contributed by atoms with Gasteiger partial charge in [-0.15, -0.1) is 0 Å². The van der Waals surface area contributed by atoms with E-state index in [-0.39, 0.29) is 11.4 Å². The molecule has 0 radical (unpaired) electrons. The average molecular weight is 280 g/mol. The summed E-state index contributed by atoms with van der Waals surface area (Å²) in [7, 11) is 1.21. The van der Waals surface area contributed by atoms with Crippen LogP contribution < -0.4 is 5.32 Å². The number of nitrogens with zero attached hydrogens (tertiary/aromatic N) is 1. The normalized spacial score (nSPS) is 11.5. The van der Waals surface area contributed by atoms with E-state index in [9.17, 15) is 14.4 Å². The molecule has 1 atom stereocenters. The summed E-state index contributed by atoms with van der Waals surface area (Å²) >= 11 is 0. The highest BCUT2D eigenvalue weighted by molar-refractivity contribution is 5.96. The van der Waals surface area contributed by atoms with E-state index < -0.39 is 23.9 Å². The zero-order valence-electron chi connectivity index (χ0n) is 11.3. The van der Waals surface area contributed by atoms with Gasteiger partial charge in [0.1, 0.15) is 17.4 Å². The van der Waals surface area contributed by atoms with Crippen molar-refractivity contribution >= 4 is 17.8 Å². The number of hydrogen-bond acceptors (Lipinski definition) is 5. The molecule has 0 aliphatic heterocycles. The largest absolute Gasteiger partial charge is 0.480 e. The molecule has 2 N–H and O–H groups in total. The first-order valence-corrected chi connectivity index (χ1v) is 6.08. The van der Waals surface area contributed by atoms with Crippen molar-refractivity contribution in [2.75, 3.05) is 7.11 Å². The van der Waals surface area contributed by atoms with E-state index in [0.29, 0.717) is 12.8 Å². The fourth-order valence-electron chi connectivity index (χ4n) is 1.56. The maximum absolute atomic E-state index is 11.9. The first kappa shape index (κ1) is 15.6. The Labute approximate surface area is 116 Å². The number of carboxylic acids is 1. The summed E-state index contributed by atoms with van der Waals surface area (Å²) in [5.74, 6) is -2.41. The lowest BCUT2D eigenvalue weighted by molar-refractivity contribution is -0.139. The molecule has 1 aromatic rings. The van der Waals surface area contributed by atoms with Crippen LogP contribution in [0.5, 0.6) is 0 Å². The van der Waals surface area contributed by atoms with Crippen LogP contribution in [-0.4, -0.2) is 41.1 Å². The van der Waals surface area contributed by atoms with Crippen LogP contribution in [0.2, 0.25) is 0 Å². The zero-order valence-corrected chi connectivity index (χ0v) is 11.3. The minimum atomic E-state index is -1.11. The number of carboxylic acid groups (broad SMARTS) is 1. The molecule has 7 nitrogen and oxygen atoms in total. The number of nitrogens with one attached hydrogen (secondary N) is 1. The number of aliphatic carboxylic acids is 1. The van der Waals surface area contributed by atoms with Gasteiger partial charge in [0.25, 0.3) is 5.91 Å². The molecule has 0 spiro atoms. The Morgan fingerprint density at radius 1 is 1.35 bits per heavy atom. The molecular formula is C13H16N2O5. The second kappa shape index (κ2) is 7.22. The second-order valence-corrected chi connectivity index (χ2v) is 4.05. The number of ether oxygens (including phenoxy) is 1. The summed E-state index contributed by atoms with van der Waals surface area (Å²) in [5, 5.41) is 11.3. The lowest BCUT2D eigenvalue weighted by atomic mass is 10.1. The van der Waals surface area contributed by atoms with Gasteiger partial charge >= 0.3 is 11.9 Å². The number of esters is 1. The minimum Gasteiger partial charge on any atom is -0.480 e. The number of methoxy groups -OCH3 is 1. The molecule has 0 aliphatic rings. The molecule has 0 fully saturated rings. The number of aromatic nitrogens is 1. The van der Waals surface area contributed by atoms with Crippen LogP contribution in [-0.2, 0) is 9.53 Å². The molecule has 0 saturated carbocycles. The van der Waals surface area contributed by atoms with E-state index in [2.05, 4.69) is 15.0 Å². The van der Waals surface area contributed by atoms with Gasteiger partial charge in [-0.2, -0.15) is 0 Å². The second-order valence-electron chi connectivity index (χ2n) is 4.05. The first-order chi connectivity index (χ1) is 9.49. The van der Waals surface area contributed by atoms with Gasteiger partial charge in [-0.25, -0.2) is 14.6 Å². The third-order valence-corrected chi connectivity index (χ3v) is 2.56. The Bertz CT molecular complexity index is 515. The molecule has 20 heavy (non-hydrogen) atoms. The van der Waals surface area contributed by atoms with Crippen LogP contribution in [0.3, 0.4) is 0 Å². The number of carbonyl (C=O) groups is 3. The van der Waals surface area contributed by atoms with Gasteiger partial charge < -0.3 is 15.2 Å². The van der Waals surface area contributed by atoms with Crippen LogP contribution in [0.15, 0.2) is 18.2 Å². The predicted octanol–water partition coefficient (Wildman–Crippen LogP) is 0.851. The highest BCUT2D eigenvalue weighted by Gasteiger charge is 2.21. The van der Waals surface area contributed by atoms with Crippen molar-refractivity contribution in [1.82, 2.24) is 10.3 Å². The fourth-order valence-corrected chi connectivity index (χ4v) is 1.56. The van der Waals surface area contributed by atoms with Crippen LogP contribution >= 0.6 is 0 Å². The molecular weight excluding hydrogens is 264 g/mol. The van der Waals surface area contributed by atoms with Crippen molar-refractivity contribution in [2.24, 2.45) is 0 Å². The van der Waals surface area contributed by atoms with E-state index in [4.69, 9.17) is 5.11 Å². The topological polar surface area (TPSA) is 106 Å². The summed E-state index contributed by atoms with van der Waals surface area (Å²) in [5.41, 5.74) is -0.0437. The van der Waals surface area contributed by atoms with Crippen molar-refractivity contribution < 1.29 is 24.2 Å². The summed E-state index contributed by atoms with van der Waals surface area (Å²) in [4.78, 5) is 38.0. The zero-order chi connectivity index (χ0) is 15.1. The molecule has 7 heteroatoms. The highest BCUT2D eigenvalue weighted by Crippen LogP contribution is 2.03. The van der Waals surface area contributed by atoms with E-state index in [1.807, 2.05) is 6.92 Å². The number of carbonyl (C=O) groups excluding carboxylic acids is 2. The van der Waals surface area contributed by atoms with Crippen molar-refractivity contribution in [1.29, 1.82) is 0 Å². The molecule has 1 rings (SSSR count). The molecule has 0 bridgehead atoms. The summed E-state index contributed by atoms with van der Waals surface area (Å²) in [6.45, 7) is 1.82. The third-order valence-electron chi connectivity index (χ3n) is 2.56. The lowest BCUT2D eigenvalue weighted by Crippen LogP contribution is -2.41. The Balaban J connectivity index is 2.86. The Hall–Kier alpha value is -2.44. The Morgan fingerprint density at radius 3 is 2.55 bits per heavy atom. The van der Waals surface area contributed by atoms with Crippen molar-refractivity contribution in [3.8, 4) is 0 Å². The van der Waals surface area contributed by atoms with Crippen LogP contribution in [0.25, 0.3) is 0 Å². The van der Waals surface area contributed by atoms with Crippen molar-refractivity contribution in [3.63, 3.8) is 0 Å². The quantitative estimate of drug-likeness (QED) is 0.748. The molecule has 0 saturated heterocycles. The summed E-state index contributed by atoms with van der Waals surface area (Å²) < 4.78 is 4.50. The Morgan fingerprint density at radius 2 is 2.00 bits per heavy atom.